The highest BCUT2D eigenvalue weighted by Crippen LogP contribution is 2.42. The molecular formula is C12H20O2. The molecule has 2 heteroatoms. The minimum absolute atomic E-state index is 0.00583. The maximum atomic E-state index is 11.8. The molecule has 0 aromatic rings. The Morgan fingerprint density at radius 2 is 1.93 bits per heavy atom. The predicted molar refractivity (Wildman–Crippen MR) is 57.2 cm³/mol. The van der Waals surface area contributed by atoms with Gasteiger partial charge in [0, 0.05) is 0 Å². The Labute approximate surface area is 86.3 Å². The van der Waals surface area contributed by atoms with Gasteiger partial charge >= 0.3 is 0 Å². The van der Waals surface area contributed by atoms with E-state index in [-0.39, 0.29) is 22.9 Å². The number of rotatable bonds is 2. The summed E-state index contributed by atoms with van der Waals surface area (Å²) in [6.07, 6.45) is 4.25. The Balaban J connectivity index is 2.85. The van der Waals surface area contributed by atoms with Gasteiger partial charge in [0.15, 0.2) is 5.78 Å². The molecule has 1 fully saturated rings. The molecule has 1 aliphatic heterocycles. The van der Waals surface area contributed by atoms with Gasteiger partial charge in [0.2, 0.25) is 0 Å². The van der Waals surface area contributed by atoms with Crippen LogP contribution >= 0.6 is 0 Å². The zero-order valence-corrected chi connectivity index (χ0v) is 9.76. The van der Waals surface area contributed by atoms with Gasteiger partial charge in [-0.2, -0.15) is 0 Å². The number of hydrogen-bond donors (Lipinski definition) is 0. The summed E-state index contributed by atoms with van der Waals surface area (Å²) in [7, 11) is 0. The van der Waals surface area contributed by atoms with Crippen molar-refractivity contribution in [3.05, 3.63) is 12.2 Å². The molecule has 14 heavy (non-hydrogen) atoms. The zero-order chi connectivity index (χ0) is 11.0. The van der Waals surface area contributed by atoms with Gasteiger partial charge in [0.05, 0.1) is 17.1 Å². The Morgan fingerprint density at radius 1 is 1.36 bits per heavy atom. The molecule has 80 valence electrons. The fourth-order valence-corrected chi connectivity index (χ4v) is 2.29. The lowest BCUT2D eigenvalue weighted by atomic mass is 9.84. The SMILES string of the molecule is C/C=C/C(=O)C1CC(C)(C)OC1(C)C. The van der Waals surface area contributed by atoms with Gasteiger partial charge in [-0.25, -0.2) is 0 Å². The molecule has 1 unspecified atom stereocenters. The van der Waals surface area contributed by atoms with Crippen LogP contribution < -0.4 is 0 Å². The smallest absolute Gasteiger partial charge is 0.161 e. The van der Waals surface area contributed by atoms with E-state index >= 15 is 0 Å². The van der Waals surface area contributed by atoms with Gasteiger partial charge in [-0.1, -0.05) is 6.08 Å². The van der Waals surface area contributed by atoms with Crippen LogP contribution in [0, 0.1) is 5.92 Å². The Hall–Kier alpha value is -0.630. The molecule has 1 aliphatic rings. The summed E-state index contributed by atoms with van der Waals surface area (Å²) in [5.41, 5.74) is -0.508. The molecule has 1 saturated heterocycles. The van der Waals surface area contributed by atoms with Crippen molar-refractivity contribution in [2.24, 2.45) is 5.92 Å². The summed E-state index contributed by atoms with van der Waals surface area (Å²) < 4.78 is 5.86. The second-order valence-electron chi connectivity index (χ2n) is 5.12. The largest absolute Gasteiger partial charge is 0.369 e. The third-order valence-electron chi connectivity index (χ3n) is 2.75. The number of allylic oxidation sites excluding steroid dienone is 2. The molecular weight excluding hydrogens is 176 g/mol. The normalized spacial score (nSPS) is 29.6. The monoisotopic (exact) mass is 196 g/mol. The van der Waals surface area contributed by atoms with E-state index in [9.17, 15) is 4.79 Å². The molecule has 0 N–H and O–H groups in total. The van der Waals surface area contributed by atoms with Crippen LogP contribution in [-0.4, -0.2) is 17.0 Å². The Bertz CT molecular complexity index is 261. The van der Waals surface area contributed by atoms with E-state index in [2.05, 4.69) is 0 Å². The number of ketones is 1. The highest BCUT2D eigenvalue weighted by molar-refractivity contribution is 5.92. The van der Waals surface area contributed by atoms with Crippen LogP contribution in [0.3, 0.4) is 0 Å². The van der Waals surface area contributed by atoms with E-state index < -0.39 is 0 Å². The molecule has 0 spiro atoms. The summed E-state index contributed by atoms with van der Waals surface area (Å²) in [6.45, 7) is 9.93. The average molecular weight is 196 g/mol. The molecule has 0 aliphatic carbocycles. The van der Waals surface area contributed by atoms with Crippen LogP contribution in [0.1, 0.15) is 41.0 Å². The first-order chi connectivity index (χ1) is 6.28. The molecule has 1 rings (SSSR count). The summed E-state index contributed by atoms with van der Waals surface area (Å²) in [6, 6.07) is 0. The lowest BCUT2D eigenvalue weighted by Gasteiger charge is -2.26. The van der Waals surface area contributed by atoms with Crippen molar-refractivity contribution in [2.75, 3.05) is 0 Å². The maximum absolute atomic E-state index is 11.8. The van der Waals surface area contributed by atoms with Gasteiger partial charge in [-0.05, 0) is 47.1 Å². The first-order valence-corrected chi connectivity index (χ1v) is 5.15. The van der Waals surface area contributed by atoms with Gasteiger partial charge in [-0.3, -0.25) is 4.79 Å². The van der Waals surface area contributed by atoms with Gasteiger partial charge in [-0.15, -0.1) is 0 Å². The molecule has 0 radical (unpaired) electrons. The minimum atomic E-state index is -0.333. The van der Waals surface area contributed by atoms with E-state index in [1.165, 1.54) is 0 Å². The van der Waals surface area contributed by atoms with Crippen molar-refractivity contribution in [3.63, 3.8) is 0 Å². The molecule has 0 bridgehead atoms. The molecule has 2 nitrogen and oxygen atoms in total. The molecule has 1 heterocycles. The summed E-state index contributed by atoms with van der Waals surface area (Å²) >= 11 is 0. The maximum Gasteiger partial charge on any atom is 0.161 e. The molecule has 0 saturated carbocycles. The first-order valence-electron chi connectivity index (χ1n) is 5.15. The lowest BCUT2D eigenvalue weighted by molar-refractivity contribution is -0.124. The van der Waals surface area contributed by atoms with E-state index in [1.807, 2.05) is 34.6 Å². The van der Waals surface area contributed by atoms with Crippen molar-refractivity contribution in [3.8, 4) is 0 Å². The molecule has 1 atom stereocenters. The van der Waals surface area contributed by atoms with Crippen LogP contribution in [0.5, 0.6) is 0 Å². The van der Waals surface area contributed by atoms with E-state index in [4.69, 9.17) is 4.74 Å². The fraction of sp³-hybridized carbons (Fsp3) is 0.750. The first kappa shape index (κ1) is 11.4. The van der Waals surface area contributed by atoms with Crippen molar-refractivity contribution in [1.29, 1.82) is 0 Å². The van der Waals surface area contributed by atoms with Crippen LogP contribution in [-0.2, 0) is 9.53 Å². The lowest BCUT2D eigenvalue weighted by Crippen LogP contribution is -2.33. The highest BCUT2D eigenvalue weighted by Gasteiger charge is 2.48. The second kappa shape index (κ2) is 3.50. The van der Waals surface area contributed by atoms with Crippen LogP contribution in [0.25, 0.3) is 0 Å². The average Bonchev–Trinajstić information content (AvgIpc) is 2.19. The zero-order valence-electron chi connectivity index (χ0n) is 9.76. The number of carbonyl (C=O) groups excluding carboxylic acids is 1. The predicted octanol–water partition coefficient (Wildman–Crippen LogP) is 2.73. The van der Waals surface area contributed by atoms with E-state index in [0.717, 1.165) is 6.42 Å². The van der Waals surface area contributed by atoms with Crippen molar-refractivity contribution < 1.29 is 9.53 Å². The summed E-state index contributed by atoms with van der Waals surface area (Å²) in [5, 5.41) is 0. The van der Waals surface area contributed by atoms with Gasteiger partial charge in [0.1, 0.15) is 0 Å². The van der Waals surface area contributed by atoms with Gasteiger partial charge in [0.25, 0.3) is 0 Å². The Morgan fingerprint density at radius 3 is 2.29 bits per heavy atom. The van der Waals surface area contributed by atoms with Crippen molar-refractivity contribution in [1.82, 2.24) is 0 Å². The second-order valence-corrected chi connectivity index (χ2v) is 5.12. The number of carbonyl (C=O) groups is 1. The van der Waals surface area contributed by atoms with Crippen LogP contribution in [0.4, 0.5) is 0 Å². The molecule has 0 aromatic heterocycles. The van der Waals surface area contributed by atoms with E-state index in [1.54, 1.807) is 12.2 Å². The highest BCUT2D eigenvalue weighted by atomic mass is 16.5. The van der Waals surface area contributed by atoms with Crippen LogP contribution in [0.2, 0.25) is 0 Å². The minimum Gasteiger partial charge on any atom is -0.369 e. The number of ether oxygens (including phenoxy) is 1. The van der Waals surface area contributed by atoms with Gasteiger partial charge < -0.3 is 4.74 Å². The van der Waals surface area contributed by atoms with Crippen molar-refractivity contribution >= 4 is 5.78 Å². The Kier molecular flexibility index (Phi) is 2.86. The van der Waals surface area contributed by atoms with Crippen molar-refractivity contribution in [2.45, 2.75) is 52.2 Å². The molecule has 0 aromatic carbocycles. The summed E-state index contributed by atoms with van der Waals surface area (Å²) in [5.74, 6) is 0.178. The number of hydrogen-bond acceptors (Lipinski definition) is 2. The quantitative estimate of drug-likeness (QED) is 0.635. The standard InChI is InChI=1S/C12H20O2/c1-6-7-10(13)9-8-11(2,3)14-12(9,4)5/h6-7,9H,8H2,1-5H3/b7-6+. The third-order valence-corrected chi connectivity index (χ3v) is 2.75. The van der Waals surface area contributed by atoms with Crippen LogP contribution in [0.15, 0.2) is 12.2 Å². The topological polar surface area (TPSA) is 26.3 Å². The third kappa shape index (κ3) is 2.24. The van der Waals surface area contributed by atoms with E-state index in [0.29, 0.717) is 0 Å². The fourth-order valence-electron chi connectivity index (χ4n) is 2.29. The molecule has 0 amide bonds. The summed E-state index contributed by atoms with van der Waals surface area (Å²) in [4.78, 5) is 11.8.